The van der Waals surface area contributed by atoms with Gasteiger partial charge in [-0.15, -0.1) is 0 Å². The van der Waals surface area contributed by atoms with Crippen LogP contribution in [0.15, 0.2) is 29.2 Å². The van der Waals surface area contributed by atoms with Gasteiger partial charge in [0.1, 0.15) is 0 Å². The largest absolute Gasteiger partial charge is 0.395 e. The topological polar surface area (TPSA) is 43.8 Å². The first-order valence-electron chi connectivity index (χ1n) is 7.84. The lowest BCUT2D eigenvalue weighted by molar-refractivity contribution is 0.0472. The predicted molar refractivity (Wildman–Crippen MR) is 91.1 cm³/mol. The fourth-order valence-electron chi connectivity index (χ4n) is 2.92. The minimum atomic E-state index is 0.0398. The summed E-state index contributed by atoms with van der Waals surface area (Å²) in [5.74, 6) is 0.547. The van der Waals surface area contributed by atoms with Crippen molar-refractivity contribution in [3.05, 3.63) is 29.8 Å². The SMILES string of the molecule is CC1CCCN(Cc2ccc(SC(=O)N(C)C)cc2)C1CO. The minimum absolute atomic E-state index is 0.0398. The third-order valence-corrected chi connectivity index (χ3v) is 5.34. The van der Waals surface area contributed by atoms with Crippen molar-refractivity contribution in [1.82, 2.24) is 9.80 Å². The van der Waals surface area contributed by atoms with Crippen molar-refractivity contribution < 1.29 is 9.90 Å². The van der Waals surface area contributed by atoms with E-state index in [-0.39, 0.29) is 17.9 Å². The highest BCUT2D eigenvalue weighted by molar-refractivity contribution is 8.13. The van der Waals surface area contributed by atoms with E-state index in [0.29, 0.717) is 5.92 Å². The molecule has 22 heavy (non-hydrogen) atoms. The van der Waals surface area contributed by atoms with Crippen molar-refractivity contribution in [3.8, 4) is 0 Å². The molecule has 2 rings (SSSR count). The van der Waals surface area contributed by atoms with Crippen molar-refractivity contribution in [2.75, 3.05) is 27.2 Å². The van der Waals surface area contributed by atoms with E-state index < -0.39 is 0 Å². The molecule has 1 aliphatic heterocycles. The fraction of sp³-hybridized carbons (Fsp3) is 0.588. The van der Waals surface area contributed by atoms with Crippen LogP contribution >= 0.6 is 11.8 Å². The first kappa shape index (κ1) is 17.3. The molecule has 1 saturated heterocycles. The Hall–Kier alpha value is -1.04. The van der Waals surface area contributed by atoms with E-state index >= 15 is 0 Å². The van der Waals surface area contributed by atoms with E-state index in [1.165, 1.54) is 30.2 Å². The number of aliphatic hydroxyl groups is 1. The summed E-state index contributed by atoms with van der Waals surface area (Å²) < 4.78 is 0. The molecule has 1 aliphatic rings. The Morgan fingerprint density at radius 3 is 2.64 bits per heavy atom. The standard InChI is InChI=1S/C17H26N2O2S/c1-13-5-4-10-19(16(13)12-20)11-14-6-8-15(9-7-14)22-17(21)18(2)3/h6-9,13,16,20H,4-5,10-12H2,1-3H3. The van der Waals surface area contributed by atoms with Gasteiger partial charge in [-0.05, 0) is 54.8 Å². The van der Waals surface area contributed by atoms with Gasteiger partial charge in [-0.2, -0.15) is 0 Å². The molecule has 0 aliphatic carbocycles. The van der Waals surface area contributed by atoms with Crippen LogP contribution in [0.2, 0.25) is 0 Å². The van der Waals surface area contributed by atoms with Crippen molar-refractivity contribution in [2.45, 2.75) is 37.2 Å². The second-order valence-electron chi connectivity index (χ2n) is 6.25. The van der Waals surface area contributed by atoms with Gasteiger partial charge in [-0.3, -0.25) is 9.69 Å². The smallest absolute Gasteiger partial charge is 0.285 e. The average molecular weight is 322 g/mol. The van der Waals surface area contributed by atoms with Crippen LogP contribution in [0.5, 0.6) is 0 Å². The number of benzene rings is 1. The number of likely N-dealkylation sites (tertiary alicyclic amines) is 1. The molecule has 1 N–H and O–H groups in total. The van der Waals surface area contributed by atoms with Crippen LogP contribution in [-0.4, -0.2) is 53.4 Å². The highest BCUT2D eigenvalue weighted by Crippen LogP contribution is 2.26. The molecule has 0 aromatic heterocycles. The van der Waals surface area contributed by atoms with Gasteiger partial charge in [0.25, 0.3) is 5.24 Å². The molecule has 122 valence electrons. The van der Waals surface area contributed by atoms with Gasteiger partial charge in [0.2, 0.25) is 0 Å². The zero-order chi connectivity index (χ0) is 16.1. The summed E-state index contributed by atoms with van der Waals surface area (Å²) in [6, 6.07) is 8.43. The maximum Gasteiger partial charge on any atom is 0.285 e. The lowest BCUT2D eigenvalue weighted by atomic mass is 9.91. The zero-order valence-electron chi connectivity index (χ0n) is 13.7. The Bertz CT molecular complexity index is 490. The minimum Gasteiger partial charge on any atom is -0.395 e. The summed E-state index contributed by atoms with van der Waals surface area (Å²) in [5, 5.41) is 9.66. The normalized spacial score (nSPS) is 22.5. The molecule has 2 unspecified atom stereocenters. The van der Waals surface area contributed by atoms with Gasteiger partial charge in [0, 0.05) is 31.6 Å². The van der Waals surface area contributed by atoms with Crippen molar-refractivity contribution >= 4 is 17.0 Å². The Labute approximate surface area is 137 Å². The molecule has 1 heterocycles. The summed E-state index contributed by atoms with van der Waals surface area (Å²) in [5.41, 5.74) is 1.23. The number of hydrogen-bond donors (Lipinski definition) is 1. The lowest BCUT2D eigenvalue weighted by Crippen LogP contribution is -2.45. The highest BCUT2D eigenvalue weighted by atomic mass is 32.2. The summed E-state index contributed by atoms with van der Waals surface area (Å²) in [6.07, 6.45) is 2.40. The predicted octanol–water partition coefficient (Wildman–Crippen LogP) is 3.05. The summed E-state index contributed by atoms with van der Waals surface area (Å²) in [6.45, 7) is 4.36. The Morgan fingerprint density at radius 1 is 1.36 bits per heavy atom. The third-order valence-electron chi connectivity index (χ3n) is 4.30. The number of aliphatic hydroxyl groups excluding tert-OH is 1. The molecular formula is C17H26N2O2S. The molecule has 0 saturated carbocycles. The van der Waals surface area contributed by atoms with Crippen LogP contribution in [0.1, 0.15) is 25.3 Å². The van der Waals surface area contributed by atoms with Gasteiger partial charge >= 0.3 is 0 Å². The summed E-state index contributed by atoms with van der Waals surface area (Å²) in [7, 11) is 3.52. The molecule has 4 nitrogen and oxygen atoms in total. The Kier molecular flexibility index (Phi) is 6.29. The number of rotatable bonds is 4. The molecule has 0 radical (unpaired) electrons. The molecule has 2 atom stereocenters. The number of carbonyl (C=O) groups is 1. The summed E-state index contributed by atoms with van der Waals surface area (Å²) in [4.78, 5) is 16.6. The first-order chi connectivity index (χ1) is 10.5. The molecular weight excluding hydrogens is 296 g/mol. The van der Waals surface area contributed by atoms with Crippen LogP contribution in [0.4, 0.5) is 4.79 Å². The first-order valence-corrected chi connectivity index (χ1v) is 8.66. The van der Waals surface area contributed by atoms with Gasteiger partial charge in [0.15, 0.2) is 0 Å². The van der Waals surface area contributed by atoms with Gasteiger partial charge < -0.3 is 10.0 Å². The maximum atomic E-state index is 11.7. The van der Waals surface area contributed by atoms with Crippen LogP contribution in [0.3, 0.4) is 0 Å². The number of hydrogen-bond acceptors (Lipinski definition) is 4. The van der Waals surface area contributed by atoms with E-state index in [1.54, 1.807) is 19.0 Å². The number of amides is 1. The number of carbonyl (C=O) groups excluding carboxylic acids is 1. The zero-order valence-corrected chi connectivity index (χ0v) is 14.5. The number of piperidine rings is 1. The molecule has 0 bridgehead atoms. The van der Waals surface area contributed by atoms with E-state index in [0.717, 1.165) is 18.0 Å². The third kappa shape index (κ3) is 4.48. The van der Waals surface area contributed by atoms with E-state index in [4.69, 9.17) is 0 Å². The van der Waals surface area contributed by atoms with Gasteiger partial charge in [0.05, 0.1) is 6.61 Å². The number of nitrogens with zero attached hydrogens (tertiary/aromatic N) is 2. The van der Waals surface area contributed by atoms with E-state index in [1.807, 2.05) is 12.1 Å². The second-order valence-corrected chi connectivity index (χ2v) is 7.27. The van der Waals surface area contributed by atoms with Gasteiger partial charge in [-0.1, -0.05) is 19.1 Å². The van der Waals surface area contributed by atoms with Crippen molar-refractivity contribution in [2.24, 2.45) is 5.92 Å². The van der Waals surface area contributed by atoms with Crippen LogP contribution < -0.4 is 0 Å². The Morgan fingerprint density at radius 2 is 2.05 bits per heavy atom. The molecule has 5 heteroatoms. The number of thioether (sulfide) groups is 1. The Balaban J connectivity index is 1.97. The molecule has 0 spiro atoms. The van der Waals surface area contributed by atoms with E-state index in [2.05, 4.69) is 24.0 Å². The molecule has 1 amide bonds. The average Bonchev–Trinajstić information content (AvgIpc) is 2.49. The summed E-state index contributed by atoms with van der Waals surface area (Å²) >= 11 is 1.25. The second kappa shape index (κ2) is 7.99. The fourth-order valence-corrected chi connectivity index (χ4v) is 3.57. The molecule has 1 fully saturated rings. The van der Waals surface area contributed by atoms with Crippen LogP contribution in [0.25, 0.3) is 0 Å². The lowest BCUT2D eigenvalue weighted by Gasteiger charge is -2.39. The molecule has 1 aromatic carbocycles. The molecule has 1 aromatic rings. The van der Waals surface area contributed by atoms with Crippen molar-refractivity contribution in [3.63, 3.8) is 0 Å². The monoisotopic (exact) mass is 322 g/mol. The maximum absolute atomic E-state index is 11.7. The van der Waals surface area contributed by atoms with Crippen LogP contribution in [0, 0.1) is 5.92 Å². The van der Waals surface area contributed by atoms with Gasteiger partial charge in [-0.25, -0.2) is 0 Å². The van der Waals surface area contributed by atoms with Crippen molar-refractivity contribution in [1.29, 1.82) is 0 Å². The highest BCUT2D eigenvalue weighted by Gasteiger charge is 2.27. The van der Waals surface area contributed by atoms with Crippen LogP contribution in [-0.2, 0) is 6.54 Å². The quantitative estimate of drug-likeness (QED) is 0.865. The van der Waals surface area contributed by atoms with E-state index in [9.17, 15) is 9.90 Å².